The zero-order valence-corrected chi connectivity index (χ0v) is 11.5. The normalized spacial score (nSPS) is 12.0. The maximum absolute atomic E-state index is 12.9. The highest BCUT2D eigenvalue weighted by molar-refractivity contribution is 9.10. The van der Waals surface area contributed by atoms with Crippen LogP contribution in [0.15, 0.2) is 22.7 Å². The van der Waals surface area contributed by atoms with Crippen molar-refractivity contribution >= 4 is 37.8 Å². The molecule has 16 heavy (non-hydrogen) atoms. The molecule has 0 saturated heterocycles. The van der Waals surface area contributed by atoms with Crippen molar-refractivity contribution in [2.45, 2.75) is 4.83 Å². The van der Waals surface area contributed by atoms with E-state index in [2.05, 4.69) is 36.6 Å². The van der Waals surface area contributed by atoms with Gasteiger partial charge in [-0.15, -0.1) is 0 Å². The maximum Gasteiger partial charge on any atom is 0.322 e. The molecule has 0 heterocycles. The Morgan fingerprint density at radius 3 is 2.88 bits per heavy atom. The monoisotopic (exact) mass is 354 g/mol. The molecule has 0 saturated carbocycles. The number of methoxy groups -OCH3 is 1. The summed E-state index contributed by atoms with van der Waals surface area (Å²) in [5.41, 5.74) is 0. The number of halogens is 3. The van der Waals surface area contributed by atoms with E-state index in [-0.39, 0.29) is 6.61 Å². The highest BCUT2D eigenvalue weighted by atomic mass is 79.9. The first-order valence-electron chi connectivity index (χ1n) is 4.34. The summed E-state index contributed by atoms with van der Waals surface area (Å²) < 4.78 is 23.3. The Bertz CT molecular complexity index is 384. The summed E-state index contributed by atoms with van der Waals surface area (Å²) in [4.78, 5) is 10.5. The van der Waals surface area contributed by atoms with Crippen LogP contribution < -0.4 is 4.74 Å². The highest BCUT2D eigenvalue weighted by Crippen LogP contribution is 2.25. The molecule has 0 bridgehead atoms. The molecule has 0 aromatic heterocycles. The van der Waals surface area contributed by atoms with Crippen molar-refractivity contribution in [3.63, 3.8) is 0 Å². The fraction of sp³-hybridized carbons (Fsp3) is 0.300. The minimum Gasteiger partial charge on any atom is -0.491 e. The summed E-state index contributed by atoms with van der Waals surface area (Å²) in [6.07, 6.45) is 0. The number of esters is 1. The molecular weight excluding hydrogens is 347 g/mol. The molecule has 3 nitrogen and oxygen atoms in total. The van der Waals surface area contributed by atoms with Gasteiger partial charge in [-0.3, -0.25) is 4.79 Å². The molecule has 0 spiro atoms. The van der Waals surface area contributed by atoms with Crippen LogP contribution in [-0.4, -0.2) is 24.5 Å². The van der Waals surface area contributed by atoms with Crippen LogP contribution in [0.5, 0.6) is 5.75 Å². The lowest BCUT2D eigenvalue weighted by atomic mass is 10.3. The molecule has 0 aliphatic rings. The van der Waals surface area contributed by atoms with Gasteiger partial charge in [-0.25, -0.2) is 4.39 Å². The molecule has 0 N–H and O–H groups in total. The number of carbonyl (C=O) groups excluding carboxylic acids is 1. The fourth-order valence-electron chi connectivity index (χ4n) is 0.947. The van der Waals surface area contributed by atoms with E-state index in [0.29, 0.717) is 10.2 Å². The molecule has 1 atom stereocenters. The molecule has 6 heteroatoms. The van der Waals surface area contributed by atoms with Crippen LogP contribution in [0.3, 0.4) is 0 Å². The zero-order chi connectivity index (χ0) is 12.1. The fourth-order valence-corrected chi connectivity index (χ4v) is 1.63. The van der Waals surface area contributed by atoms with E-state index in [1.165, 1.54) is 25.3 Å². The van der Waals surface area contributed by atoms with E-state index in [1.807, 2.05) is 0 Å². The minimum absolute atomic E-state index is 0.0642. The second kappa shape index (κ2) is 6.20. The largest absolute Gasteiger partial charge is 0.491 e. The standard InChI is InChI=1S/C10H9Br2FO3/c1-15-10(14)8(12)5-16-9-4-6(13)2-3-7(9)11/h2-4,8H,5H2,1H3. The van der Waals surface area contributed by atoms with Crippen LogP contribution in [0.1, 0.15) is 0 Å². The number of alkyl halides is 1. The second-order valence-electron chi connectivity index (χ2n) is 2.88. The van der Waals surface area contributed by atoms with Gasteiger partial charge in [-0.1, -0.05) is 15.9 Å². The van der Waals surface area contributed by atoms with Crippen molar-refractivity contribution in [3.05, 3.63) is 28.5 Å². The van der Waals surface area contributed by atoms with Gasteiger partial charge in [0.2, 0.25) is 0 Å². The number of rotatable bonds is 4. The Labute approximate surface area is 109 Å². The Morgan fingerprint density at radius 1 is 1.56 bits per heavy atom. The first-order chi connectivity index (χ1) is 7.54. The van der Waals surface area contributed by atoms with Crippen molar-refractivity contribution in [1.29, 1.82) is 0 Å². The molecule has 0 aliphatic heterocycles. The van der Waals surface area contributed by atoms with Crippen molar-refractivity contribution in [1.82, 2.24) is 0 Å². The van der Waals surface area contributed by atoms with Gasteiger partial charge in [0.1, 0.15) is 23.0 Å². The van der Waals surface area contributed by atoms with Crippen molar-refractivity contribution in [2.24, 2.45) is 0 Å². The van der Waals surface area contributed by atoms with Crippen LogP contribution in [0.4, 0.5) is 4.39 Å². The van der Waals surface area contributed by atoms with Gasteiger partial charge < -0.3 is 9.47 Å². The van der Waals surface area contributed by atoms with Crippen LogP contribution in [0.2, 0.25) is 0 Å². The quantitative estimate of drug-likeness (QED) is 0.615. The maximum atomic E-state index is 12.9. The number of hydrogen-bond donors (Lipinski definition) is 0. The van der Waals surface area contributed by atoms with E-state index < -0.39 is 16.6 Å². The molecule has 1 aromatic carbocycles. The Hall–Kier alpha value is -0.620. The van der Waals surface area contributed by atoms with Crippen LogP contribution in [0, 0.1) is 5.82 Å². The molecule has 0 amide bonds. The van der Waals surface area contributed by atoms with Gasteiger partial charge in [0.15, 0.2) is 0 Å². The lowest BCUT2D eigenvalue weighted by Gasteiger charge is -2.11. The van der Waals surface area contributed by atoms with Gasteiger partial charge in [0.05, 0.1) is 11.6 Å². The Kier molecular flexibility index (Phi) is 5.21. The van der Waals surface area contributed by atoms with E-state index >= 15 is 0 Å². The van der Waals surface area contributed by atoms with E-state index in [9.17, 15) is 9.18 Å². The Balaban J connectivity index is 2.60. The zero-order valence-electron chi connectivity index (χ0n) is 8.38. The smallest absolute Gasteiger partial charge is 0.322 e. The third-order valence-corrected chi connectivity index (χ3v) is 3.03. The van der Waals surface area contributed by atoms with Gasteiger partial charge >= 0.3 is 5.97 Å². The molecule has 1 aromatic rings. The molecular formula is C10H9Br2FO3. The van der Waals surface area contributed by atoms with Crippen molar-refractivity contribution in [3.8, 4) is 5.75 Å². The topological polar surface area (TPSA) is 35.5 Å². The number of benzene rings is 1. The average molecular weight is 356 g/mol. The SMILES string of the molecule is COC(=O)C(Br)COc1cc(F)ccc1Br. The predicted octanol–water partition coefficient (Wildman–Crippen LogP) is 2.90. The third kappa shape index (κ3) is 3.75. The molecule has 0 aliphatic carbocycles. The van der Waals surface area contributed by atoms with Crippen LogP contribution in [-0.2, 0) is 9.53 Å². The number of ether oxygens (including phenoxy) is 2. The molecule has 1 rings (SSSR count). The average Bonchev–Trinajstić information content (AvgIpc) is 2.28. The molecule has 1 unspecified atom stereocenters. The minimum atomic E-state index is -0.576. The molecule has 88 valence electrons. The van der Waals surface area contributed by atoms with Crippen LogP contribution in [0.25, 0.3) is 0 Å². The van der Waals surface area contributed by atoms with Crippen molar-refractivity contribution in [2.75, 3.05) is 13.7 Å². The first-order valence-corrected chi connectivity index (χ1v) is 6.05. The van der Waals surface area contributed by atoms with Gasteiger partial charge in [-0.05, 0) is 28.1 Å². The number of carbonyl (C=O) groups is 1. The Morgan fingerprint density at radius 2 is 2.25 bits per heavy atom. The summed E-state index contributed by atoms with van der Waals surface area (Å²) in [6.45, 7) is 0.0642. The first kappa shape index (κ1) is 13.4. The summed E-state index contributed by atoms with van der Waals surface area (Å²) in [7, 11) is 1.29. The van der Waals surface area contributed by atoms with Crippen LogP contribution >= 0.6 is 31.9 Å². The highest BCUT2D eigenvalue weighted by Gasteiger charge is 2.16. The predicted molar refractivity (Wildman–Crippen MR) is 64.3 cm³/mol. The van der Waals surface area contributed by atoms with E-state index in [1.54, 1.807) is 0 Å². The lowest BCUT2D eigenvalue weighted by molar-refractivity contribution is -0.140. The lowest BCUT2D eigenvalue weighted by Crippen LogP contribution is -2.23. The summed E-state index contributed by atoms with van der Waals surface area (Å²) in [6, 6.07) is 4.08. The summed E-state index contributed by atoms with van der Waals surface area (Å²) in [5.74, 6) is -0.497. The molecule has 0 fully saturated rings. The van der Waals surface area contributed by atoms with Gasteiger partial charge in [0, 0.05) is 6.07 Å². The third-order valence-electron chi connectivity index (χ3n) is 1.74. The summed E-state index contributed by atoms with van der Waals surface area (Å²) >= 11 is 6.31. The summed E-state index contributed by atoms with van der Waals surface area (Å²) in [5, 5.41) is 0. The van der Waals surface area contributed by atoms with E-state index in [4.69, 9.17) is 4.74 Å². The van der Waals surface area contributed by atoms with Crippen molar-refractivity contribution < 1.29 is 18.7 Å². The van der Waals surface area contributed by atoms with E-state index in [0.717, 1.165) is 0 Å². The van der Waals surface area contributed by atoms with Gasteiger partial charge in [-0.2, -0.15) is 0 Å². The second-order valence-corrected chi connectivity index (χ2v) is 4.84. The number of hydrogen-bond acceptors (Lipinski definition) is 3. The molecule has 0 radical (unpaired) electrons. The van der Waals surface area contributed by atoms with Gasteiger partial charge in [0.25, 0.3) is 0 Å².